The van der Waals surface area contributed by atoms with Crippen molar-refractivity contribution in [2.75, 3.05) is 13.1 Å². The van der Waals surface area contributed by atoms with Gasteiger partial charge in [0, 0.05) is 13.1 Å². The molecule has 1 aromatic carbocycles. The Morgan fingerprint density at radius 3 is 2.53 bits per heavy atom. The smallest absolute Gasteiger partial charge is 0.318 e. The SMILES string of the molecule is Cc1ccc(C(C)N2CCNC2=O)cc1. The average Bonchev–Trinajstić information content (AvgIpc) is 2.65. The number of amides is 2. The Hall–Kier alpha value is -1.51. The van der Waals surface area contributed by atoms with Gasteiger partial charge < -0.3 is 10.2 Å². The zero-order valence-electron chi connectivity index (χ0n) is 9.16. The van der Waals surface area contributed by atoms with Crippen molar-refractivity contribution < 1.29 is 4.79 Å². The van der Waals surface area contributed by atoms with E-state index in [0.717, 1.165) is 13.1 Å². The van der Waals surface area contributed by atoms with Crippen molar-refractivity contribution in [1.29, 1.82) is 0 Å². The largest absolute Gasteiger partial charge is 0.336 e. The summed E-state index contributed by atoms with van der Waals surface area (Å²) >= 11 is 0. The van der Waals surface area contributed by atoms with E-state index >= 15 is 0 Å². The first-order valence-corrected chi connectivity index (χ1v) is 5.29. The van der Waals surface area contributed by atoms with E-state index in [1.807, 2.05) is 4.90 Å². The second kappa shape index (κ2) is 3.93. The summed E-state index contributed by atoms with van der Waals surface area (Å²) in [5.74, 6) is 0. The third kappa shape index (κ3) is 1.96. The van der Waals surface area contributed by atoms with Crippen LogP contribution in [-0.2, 0) is 0 Å². The molecule has 1 unspecified atom stereocenters. The van der Waals surface area contributed by atoms with Gasteiger partial charge >= 0.3 is 6.03 Å². The first-order chi connectivity index (χ1) is 7.18. The zero-order valence-corrected chi connectivity index (χ0v) is 9.16. The molecule has 0 radical (unpaired) electrons. The van der Waals surface area contributed by atoms with Crippen molar-refractivity contribution in [3.05, 3.63) is 35.4 Å². The van der Waals surface area contributed by atoms with E-state index in [1.165, 1.54) is 11.1 Å². The Bertz CT molecular complexity index is 358. The van der Waals surface area contributed by atoms with Crippen LogP contribution in [0.1, 0.15) is 24.1 Å². The molecule has 80 valence electrons. The lowest BCUT2D eigenvalue weighted by Gasteiger charge is -2.23. The topological polar surface area (TPSA) is 32.3 Å². The van der Waals surface area contributed by atoms with Crippen LogP contribution in [0.4, 0.5) is 4.79 Å². The van der Waals surface area contributed by atoms with E-state index in [4.69, 9.17) is 0 Å². The van der Waals surface area contributed by atoms with Gasteiger partial charge in [0.2, 0.25) is 0 Å². The van der Waals surface area contributed by atoms with Crippen LogP contribution in [0.5, 0.6) is 0 Å². The highest BCUT2D eigenvalue weighted by Crippen LogP contribution is 2.21. The van der Waals surface area contributed by atoms with Crippen molar-refractivity contribution in [2.45, 2.75) is 19.9 Å². The molecule has 2 rings (SSSR count). The van der Waals surface area contributed by atoms with Crippen LogP contribution in [0.15, 0.2) is 24.3 Å². The number of carbonyl (C=O) groups is 1. The predicted octanol–water partition coefficient (Wildman–Crippen LogP) is 2.08. The lowest BCUT2D eigenvalue weighted by molar-refractivity contribution is 0.202. The fourth-order valence-electron chi connectivity index (χ4n) is 1.88. The van der Waals surface area contributed by atoms with Crippen LogP contribution in [0.3, 0.4) is 0 Å². The third-order valence-electron chi connectivity index (χ3n) is 2.92. The van der Waals surface area contributed by atoms with E-state index in [9.17, 15) is 4.79 Å². The Morgan fingerprint density at radius 2 is 2.00 bits per heavy atom. The minimum absolute atomic E-state index is 0.0445. The van der Waals surface area contributed by atoms with Gasteiger partial charge in [-0.2, -0.15) is 0 Å². The van der Waals surface area contributed by atoms with Crippen LogP contribution in [-0.4, -0.2) is 24.0 Å². The quantitative estimate of drug-likeness (QED) is 0.786. The summed E-state index contributed by atoms with van der Waals surface area (Å²) < 4.78 is 0. The first kappa shape index (κ1) is 10.0. The van der Waals surface area contributed by atoms with Crippen LogP contribution in [0.2, 0.25) is 0 Å². The summed E-state index contributed by atoms with van der Waals surface area (Å²) in [7, 11) is 0. The van der Waals surface area contributed by atoms with E-state index < -0.39 is 0 Å². The van der Waals surface area contributed by atoms with Crippen molar-refractivity contribution >= 4 is 6.03 Å². The van der Waals surface area contributed by atoms with Gasteiger partial charge in [-0.15, -0.1) is 0 Å². The normalized spacial score (nSPS) is 17.7. The fraction of sp³-hybridized carbons (Fsp3) is 0.417. The molecule has 0 aromatic heterocycles. The molecule has 0 aliphatic carbocycles. The molecule has 1 aliphatic heterocycles. The Labute approximate surface area is 90.1 Å². The van der Waals surface area contributed by atoms with Crippen molar-refractivity contribution in [1.82, 2.24) is 10.2 Å². The number of nitrogens with one attached hydrogen (secondary N) is 1. The fourth-order valence-corrected chi connectivity index (χ4v) is 1.88. The molecule has 1 atom stereocenters. The number of aryl methyl sites for hydroxylation is 1. The monoisotopic (exact) mass is 204 g/mol. The summed E-state index contributed by atoms with van der Waals surface area (Å²) in [6.45, 7) is 5.69. The van der Waals surface area contributed by atoms with Gasteiger partial charge in [0.25, 0.3) is 0 Å². The number of hydrogen-bond donors (Lipinski definition) is 1. The average molecular weight is 204 g/mol. The third-order valence-corrected chi connectivity index (χ3v) is 2.92. The highest BCUT2D eigenvalue weighted by atomic mass is 16.2. The molecule has 1 fully saturated rings. The van der Waals surface area contributed by atoms with E-state index in [0.29, 0.717) is 0 Å². The molecule has 3 heteroatoms. The van der Waals surface area contributed by atoms with Crippen LogP contribution in [0, 0.1) is 6.92 Å². The first-order valence-electron chi connectivity index (χ1n) is 5.29. The Morgan fingerprint density at radius 1 is 1.33 bits per heavy atom. The summed E-state index contributed by atoms with van der Waals surface area (Å²) in [6.07, 6.45) is 0. The van der Waals surface area contributed by atoms with Gasteiger partial charge in [0.05, 0.1) is 6.04 Å². The van der Waals surface area contributed by atoms with Crippen LogP contribution in [0.25, 0.3) is 0 Å². The summed E-state index contributed by atoms with van der Waals surface area (Å²) in [5.41, 5.74) is 2.44. The van der Waals surface area contributed by atoms with Crippen molar-refractivity contribution in [3.63, 3.8) is 0 Å². The van der Waals surface area contributed by atoms with E-state index in [1.54, 1.807) is 0 Å². The maximum atomic E-state index is 11.5. The molecule has 1 heterocycles. The van der Waals surface area contributed by atoms with Crippen molar-refractivity contribution in [2.24, 2.45) is 0 Å². The minimum Gasteiger partial charge on any atom is -0.336 e. The number of hydrogen-bond acceptors (Lipinski definition) is 1. The number of carbonyl (C=O) groups excluding carboxylic acids is 1. The number of nitrogens with zero attached hydrogens (tertiary/aromatic N) is 1. The van der Waals surface area contributed by atoms with Crippen LogP contribution < -0.4 is 5.32 Å². The predicted molar refractivity (Wildman–Crippen MR) is 59.7 cm³/mol. The standard InChI is InChI=1S/C12H16N2O/c1-9-3-5-11(6-4-9)10(2)14-8-7-13-12(14)15/h3-6,10H,7-8H2,1-2H3,(H,13,15). The summed E-state index contributed by atoms with van der Waals surface area (Å²) in [6, 6.07) is 8.55. The molecule has 1 saturated heterocycles. The number of benzene rings is 1. The molecule has 2 amide bonds. The minimum atomic E-state index is 0.0445. The molecule has 0 saturated carbocycles. The van der Waals surface area contributed by atoms with Crippen molar-refractivity contribution in [3.8, 4) is 0 Å². The maximum Gasteiger partial charge on any atom is 0.318 e. The van der Waals surface area contributed by atoms with E-state index in [-0.39, 0.29) is 12.1 Å². The van der Waals surface area contributed by atoms with Gasteiger partial charge in [0.15, 0.2) is 0 Å². The van der Waals surface area contributed by atoms with Crippen LogP contribution >= 0.6 is 0 Å². The number of rotatable bonds is 2. The van der Waals surface area contributed by atoms with Gasteiger partial charge in [-0.25, -0.2) is 4.79 Å². The van der Waals surface area contributed by atoms with Gasteiger partial charge in [-0.3, -0.25) is 0 Å². The molecule has 0 spiro atoms. The molecular formula is C12H16N2O. The summed E-state index contributed by atoms with van der Waals surface area (Å²) in [5, 5.41) is 2.82. The highest BCUT2D eigenvalue weighted by Gasteiger charge is 2.25. The second-order valence-electron chi connectivity index (χ2n) is 4.01. The molecule has 1 aliphatic rings. The summed E-state index contributed by atoms with van der Waals surface area (Å²) in [4.78, 5) is 13.3. The van der Waals surface area contributed by atoms with Gasteiger partial charge in [-0.05, 0) is 19.4 Å². The highest BCUT2D eigenvalue weighted by molar-refractivity contribution is 5.76. The maximum absolute atomic E-state index is 11.5. The number of urea groups is 1. The molecule has 0 bridgehead atoms. The lowest BCUT2D eigenvalue weighted by atomic mass is 10.1. The zero-order chi connectivity index (χ0) is 10.8. The molecule has 15 heavy (non-hydrogen) atoms. The van der Waals surface area contributed by atoms with Gasteiger partial charge in [0.1, 0.15) is 0 Å². The molecular weight excluding hydrogens is 188 g/mol. The second-order valence-corrected chi connectivity index (χ2v) is 4.01. The Kier molecular flexibility index (Phi) is 2.62. The lowest BCUT2D eigenvalue weighted by Crippen LogP contribution is -2.30. The molecule has 3 nitrogen and oxygen atoms in total. The Balaban J connectivity index is 2.16. The van der Waals surface area contributed by atoms with E-state index in [2.05, 4.69) is 43.4 Å². The molecule has 1 aromatic rings. The van der Waals surface area contributed by atoms with Gasteiger partial charge in [-0.1, -0.05) is 29.8 Å². The molecule has 1 N–H and O–H groups in total.